The number of fused-ring (bicyclic) bond motifs is 1. The average molecular weight is 188 g/mol. The van der Waals surface area contributed by atoms with Crippen LogP contribution in [0.25, 0.3) is 10.9 Å². The third-order valence-corrected chi connectivity index (χ3v) is 2.41. The summed E-state index contributed by atoms with van der Waals surface area (Å²) in [5.74, 6) is -0.0261. The van der Waals surface area contributed by atoms with E-state index in [2.05, 4.69) is 4.98 Å². The van der Waals surface area contributed by atoms with E-state index >= 15 is 0 Å². The minimum atomic E-state index is -0.0261. The second-order valence-electron chi connectivity index (χ2n) is 3.33. The zero-order valence-electron chi connectivity index (χ0n) is 8.00. The van der Waals surface area contributed by atoms with Crippen molar-refractivity contribution in [2.24, 2.45) is 5.73 Å². The molecular weight excluding hydrogens is 176 g/mol. The van der Waals surface area contributed by atoms with Gasteiger partial charge in [0.1, 0.15) is 0 Å². The van der Waals surface area contributed by atoms with Crippen LogP contribution in [-0.2, 0) is 0 Å². The second-order valence-corrected chi connectivity index (χ2v) is 3.33. The van der Waals surface area contributed by atoms with Gasteiger partial charge in [0.25, 0.3) is 0 Å². The van der Waals surface area contributed by atoms with Gasteiger partial charge in [0.2, 0.25) is 0 Å². The van der Waals surface area contributed by atoms with E-state index in [1.807, 2.05) is 25.1 Å². The number of carbonyl (C=O) groups excluding carboxylic acids is 1. The fourth-order valence-electron chi connectivity index (χ4n) is 1.65. The zero-order chi connectivity index (χ0) is 10.1. The minimum absolute atomic E-state index is 0.0261. The van der Waals surface area contributed by atoms with Gasteiger partial charge in [-0.15, -0.1) is 0 Å². The van der Waals surface area contributed by atoms with E-state index in [1.54, 1.807) is 6.20 Å². The normalized spacial score (nSPS) is 10.7. The molecule has 1 heterocycles. The molecule has 14 heavy (non-hydrogen) atoms. The Morgan fingerprint density at radius 2 is 2.29 bits per heavy atom. The Morgan fingerprint density at radius 1 is 1.50 bits per heavy atom. The summed E-state index contributed by atoms with van der Waals surface area (Å²) < 4.78 is 0. The zero-order valence-corrected chi connectivity index (χ0v) is 8.00. The van der Waals surface area contributed by atoms with Crippen LogP contribution < -0.4 is 5.73 Å². The molecule has 72 valence electrons. The summed E-state index contributed by atoms with van der Waals surface area (Å²) in [5, 5.41) is 0.959. The van der Waals surface area contributed by atoms with Crippen molar-refractivity contribution in [3.05, 3.63) is 35.5 Å². The molecule has 0 bridgehead atoms. The maximum Gasteiger partial charge on any atom is 0.178 e. The summed E-state index contributed by atoms with van der Waals surface area (Å²) in [4.78, 5) is 14.6. The first kappa shape index (κ1) is 8.97. The molecular formula is C11H12N2O. The van der Waals surface area contributed by atoms with Crippen LogP contribution in [-0.4, -0.2) is 17.3 Å². The van der Waals surface area contributed by atoms with Gasteiger partial charge in [-0.05, 0) is 12.5 Å². The van der Waals surface area contributed by atoms with Crippen molar-refractivity contribution in [1.29, 1.82) is 0 Å². The van der Waals surface area contributed by atoms with Gasteiger partial charge >= 0.3 is 0 Å². The summed E-state index contributed by atoms with van der Waals surface area (Å²) in [7, 11) is 0. The van der Waals surface area contributed by atoms with Crippen LogP contribution >= 0.6 is 0 Å². The highest BCUT2D eigenvalue weighted by Gasteiger charge is 2.10. The van der Waals surface area contributed by atoms with Gasteiger partial charge in [0.15, 0.2) is 5.78 Å². The smallest absolute Gasteiger partial charge is 0.178 e. The predicted molar refractivity (Wildman–Crippen MR) is 56.4 cm³/mol. The molecule has 2 aromatic rings. The van der Waals surface area contributed by atoms with Crippen molar-refractivity contribution < 1.29 is 4.79 Å². The van der Waals surface area contributed by atoms with E-state index < -0.39 is 0 Å². The Labute approximate surface area is 81.9 Å². The van der Waals surface area contributed by atoms with Gasteiger partial charge in [-0.1, -0.05) is 18.2 Å². The summed E-state index contributed by atoms with van der Waals surface area (Å²) in [6, 6.07) is 5.88. The van der Waals surface area contributed by atoms with E-state index in [1.165, 1.54) is 0 Å². The van der Waals surface area contributed by atoms with Gasteiger partial charge in [0.05, 0.1) is 6.54 Å². The van der Waals surface area contributed by atoms with Crippen LogP contribution in [0.2, 0.25) is 0 Å². The Morgan fingerprint density at radius 3 is 3.00 bits per heavy atom. The first-order chi connectivity index (χ1) is 6.74. The average Bonchev–Trinajstić information content (AvgIpc) is 2.62. The monoisotopic (exact) mass is 188 g/mol. The summed E-state index contributed by atoms with van der Waals surface area (Å²) in [6.45, 7) is 2.07. The van der Waals surface area contributed by atoms with Crippen LogP contribution in [0.15, 0.2) is 24.4 Å². The molecule has 0 spiro atoms. The highest BCUT2D eigenvalue weighted by Crippen LogP contribution is 2.21. The van der Waals surface area contributed by atoms with Gasteiger partial charge in [-0.25, -0.2) is 0 Å². The summed E-state index contributed by atoms with van der Waals surface area (Å²) >= 11 is 0. The van der Waals surface area contributed by atoms with Crippen LogP contribution in [0, 0.1) is 6.92 Å². The van der Waals surface area contributed by atoms with E-state index in [9.17, 15) is 4.79 Å². The maximum atomic E-state index is 11.5. The number of nitrogens with one attached hydrogen (secondary N) is 1. The lowest BCUT2D eigenvalue weighted by Crippen LogP contribution is -2.12. The lowest BCUT2D eigenvalue weighted by atomic mass is 10.1. The fraction of sp³-hybridized carbons (Fsp3) is 0.182. The Kier molecular flexibility index (Phi) is 2.09. The standard InChI is InChI=1S/C11H12N2O/c1-7-3-2-4-8-9(10(14)5-12)6-13-11(7)8/h2-4,6,13H,5,12H2,1H3. The van der Waals surface area contributed by atoms with E-state index in [0.29, 0.717) is 5.56 Å². The van der Waals surface area contributed by atoms with Crippen LogP contribution in [0.3, 0.4) is 0 Å². The number of aromatic nitrogens is 1. The topological polar surface area (TPSA) is 58.9 Å². The molecule has 0 aliphatic heterocycles. The van der Waals surface area contributed by atoms with Crippen molar-refractivity contribution in [2.75, 3.05) is 6.54 Å². The number of carbonyl (C=O) groups is 1. The molecule has 3 nitrogen and oxygen atoms in total. The Bertz CT molecular complexity index is 485. The van der Waals surface area contributed by atoms with Crippen molar-refractivity contribution >= 4 is 16.7 Å². The molecule has 0 unspecified atom stereocenters. The molecule has 1 aromatic carbocycles. The molecule has 3 heteroatoms. The van der Waals surface area contributed by atoms with E-state index in [4.69, 9.17) is 5.73 Å². The number of aromatic amines is 1. The predicted octanol–water partition coefficient (Wildman–Crippen LogP) is 1.62. The van der Waals surface area contributed by atoms with Gasteiger partial charge < -0.3 is 10.7 Å². The third-order valence-electron chi connectivity index (χ3n) is 2.41. The lowest BCUT2D eigenvalue weighted by Gasteiger charge is -1.97. The number of hydrogen-bond acceptors (Lipinski definition) is 2. The third kappa shape index (κ3) is 1.22. The first-order valence-electron chi connectivity index (χ1n) is 4.54. The fourth-order valence-corrected chi connectivity index (χ4v) is 1.65. The van der Waals surface area contributed by atoms with Gasteiger partial charge in [0, 0.05) is 22.7 Å². The first-order valence-corrected chi connectivity index (χ1v) is 4.54. The molecule has 0 aliphatic rings. The molecule has 0 amide bonds. The quantitative estimate of drug-likeness (QED) is 0.703. The molecule has 3 N–H and O–H groups in total. The SMILES string of the molecule is Cc1cccc2c(C(=O)CN)c[nH]c12. The Hall–Kier alpha value is -1.61. The molecule has 2 rings (SSSR count). The van der Waals surface area contributed by atoms with Crippen molar-refractivity contribution in [2.45, 2.75) is 6.92 Å². The van der Waals surface area contributed by atoms with Crippen molar-refractivity contribution in [1.82, 2.24) is 4.98 Å². The molecule has 0 atom stereocenters. The number of rotatable bonds is 2. The molecule has 0 saturated carbocycles. The molecule has 0 radical (unpaired) electrons. The molecule has 1 aromatic heterocycles. The summed E-state index contributed by atoms with van der Waals surface area (Å²) in [5.41, 5.74) is 8.17. The van der Waals surface area contributed by atoms with Gasteiger partial charge in [-0.3, -0.25) is 4.79 Å². The van der Waals surface area contributed by atoms with Crippen molar-refractivity contribution in [3.8, 4) is 0 Å². The second kappa shape index (κ2) is 3.27. The number of para-hydroxylation sites is 1. The molecule has 0 fully saturated rings. The van der Waals surface area contributed by atoms with E-state index in [-0.39, 0.29) is 12.3 Å². The highest BCUT2D eigenvalue weighted by molar-refractivity contribution is 6.09. The van der Waals surface area contributed by atoms with Crippen LogP contribution in [0.1, 0.15) is 15.9 Å². The van der Waals surface area contributed by atoms with Crippen LogP contribution in [0.4, 0.5) is 0 Å². The number of nitrogens with two attached hydrogens (primary N) is 1. The molecule has 0 aliphatic carbocycles. The number of benzene rings is 1. The van der Waals surface area contributed by atoms with E-state index in [0.717, 1.165) is 16.5 Å². The Balaban J connectivity index is 2.70. The maximum absolute atomic E-state index is 11.5. The van der Waals surface area contributed by atoms with Gasteiger partial charge in [-0.2, -0.15) is 0 Å². The van der Waals surface area contributed by atoms with Crippen LogP contribution in [0.5, 0.6) is 0 Å². The summed E-state index contributed by atoms with van der Waals surface area (Å²) in [6.07, 6.45) is 1.73. The number of ketones is 1. The lowest BCUT2D eigenvalue weighted by molar-refractivity contribution is 0.100. The largest absolute Gasteiger partial charge is 0.360 e. The van der Waals surface area contributed by atoms with Crippen molar-refractivity contribution in [3.63, 3.8) is 0 Å². The number of H-pyrrole nitrogens is 1. The minimum Gasteiger partial charge on any atom is -0.360 e. The number of Topliss-reactive ketones (excluding diaryl/α,β-unsaturated/α-hetero) is 1. The number of hydrogen-bond donors (Lipinski definition) is 2. The molecule has 0 saturated heterocycles. The highest BCUT2D eigenvalue weighted by atomic mass is 16.1. The number of aryl methyl sites for hydroxylation is 1.